The zero-order valence-corrected chi connectivity index (χ0v) is 10.9. The topological polar surface area (TPSA) is 50.1 Å². The molecule has 1 aromatic rings. The molecule has 1 fully saturated rings. The van der Waals surface area contributed by atoms with Crippen LogP contribution in [0.2, 0.25) is 0 Å². The van der Waals surface area contributed by atoms with Crippen molar-refractivity contribution in [2.45, 2.75) is 38.6 Å². The molecular formula is C14H23N3O. The lowest BCUT2D eigenvalue weighted by Gasteiger charge is -2.35. The van der Waals surface area contributed by atoms with Gasteiger partial charge in [0.15, 0.2) is 0 Å². The minimum absolute atomic E-state index is 0.104. The van der Waals surface area contributed by atoms with Crippen molar-refractivity contribution in [1.29, 1.82) is 0 Å². The van der Waals surface area contributed by atoms with Crippen molar-refractivity contribution < 1.29 is 5.11 Å². The summed E-state index contributed by atoms with van der Waals surface area (Å²) in [6, 6.07) is 0. The summed E-state index contributed by atoms with van der Waals surface area (Å²) in [5, 5.41) is 17.2. The Morgan fingerprint density at radius 1 is 1.44 bits per heavy atom. The van der Waals surface area contributed by atoms with Gasteiger partial charge in [-0.25, -0.2) is 4.68 Å². The molecule has 18 heavy (non-hydrogen) atoms. The zero-order chi connectivity index (χ0) is 12.8. The quantitative estimate of drug-likeness (QED) is 0.811. The molecule has 0 bridgehead atoms. The minimum Gasteiger partial charge on any atom is -0.396 e. The van der Waals surface area contributed by atoms with Crippen LogP contribution in [0.3, 0.4) is 0 Å². The second-order valence-electron chi connectivity index (χ2n) is 5.33. The van der Waals surface area contributed by atoms with E-state index in [4.69, 9.17) is 0 Å². The summed E-state index contributed by atoms with van der Waals surface area (Å²) in [4.78, 5) is 0. The molecule has 4 heteroatoms. The molecule has 0 saturated heterocycles. The van der Waals surface area contributed by atoms with E-state index >= 15 is 0 Å². The van der Waals surface area contributed by atoms with Gasteiger partial charge in [-0.2, -0.15) is 5.10 Å². The van der Waals surface area contributed by atoms with Crippen LogP contribution in [0.15, 0.2) is 19.0 Å². The molecule has 4 nitrogen and oxygen atoms in total. The average Bonchev–Trinajstić information content (AvgIpc) is 2.88. The van der Waals surface area contributed by atoms with E-state index in [-0.39, 0.29) is 5.41 Å². The van der Waals surface area contributed by atoms with E-state index in [0.717, 1.165) is 31.5 Å². The molecule has 0 unspecified atom stereocenters. The van der Waals surface area contributed by atoms with Gasteiger partial charge in [-0.05, 0) is 12.8 Å². The van der Waals surface area contributed by atoms with Crippen LogP contribution in [0, 0.1) is 5.41 Å². The number of hydrogen-bond acceptors (Lipinski definition) is 3. The third-order valence-electron chi connectivity index (χ3n) is 3.92. The van der Waals surface area contributed by atoms with Gasteiger partial charge >= 0.3 is 0 Å². The molecule has 100 valence electrons. The first-order valence-corrected chi connectivity index (χ1v) is 6.75. The summed E-state index contributed by atoms with van der Waals surface area (Å²) in [5.74, 6) is 0. The Morgan fingerprint density at radius 3 is 2.83 bits per heavy atom. The van der Waals surface area contributed by atoms with Crippen LogP contribution in [-0.2, 0) is 6.54 Å². The summed E-state index contributed by atoms with van der Waals surface area (Å²) in [7, 11) is 0. The van der Waals surface area contributed by atoms with Gasteiger partial charge in [-0.3, -0.25) is 0 Å². The molecule has 1 aliphatic rings. The maximum atomic E-state index is 9.61. The normalized spacial score (nSPS) is 18.7. The number of aliphatic hydroxyl groups excluding tert-OH is 1. The van der Waals surface area contributed by atoms with Crippen LogP contribution in [0.4, 0.5) is 0 Å². The predicted octanol–water partition coefficient (Wildman–Crippen LogP) is 2.02. The van der Waals surface area contributed by atoms with Crippen molar-refractivity contribution >= 4 is 6.20 Å². The lowest BCUT2D eigenvalue weighted by atomic mass is 9.74. The van der Waals surface area contributed by atoms with Gasteiger partial charge in [0.1, 0.15) is 0 Å². The standard InChI is InChI=1S/C14H23N3O/c1-2-17-10-13(9-16-17)8-15-11-14(12-18)6-4-3-5-7-14/h2,9-10,15,18H,1,3-8,11-12H2. The van der Waals surface area contributed by atoms with Gasteiger partial charge < -0.3 is 10.4 Å². The average molecular weight is 249 g/mol. The van der Waals surface area contributed by atoms with Crippen LogP contribution < -0.4 is 5.32 Å². The van der Waals surface area contributed by atoms with Crippen molar-refractivity contribution in [1.82, 2.24) is 15.1 Å². The molecule has 1 heterocycles. The van der Waals surface area contributed by atoms with Crippen molar-refractivity contribution in [2.24, 2.45) is 5.41 Å². The summed E-state index contributed by atoms with van der Waals surface area (Å²) >= 11 is 0. The molecule has 1 aliphatic carbocycles. The summed E-state index contributed by atoms with van der Waals surface area (Å²) < 4.78 is 1.71. The fourth-order valence-electron chi connectivity index (χ4n) is 2.73. The molecule has 2 rings (SSSR count). The first-order valence-electron chi connectivity index (χ1n) is 6.75. The highest BCUT2D eigenvalue weighted by Crippen LogP contribution is 2.35. The molecule has 0 amide bonds. The van der Waals surface area contributed by atoms with Gasteiger partial charge in [-0.15, -0.1) is 0 Å². The van der Waals surface area contributed by atoms with Crippen LogP contribution in [0.25, 0.3) is 6.20 Å². The third-order valence-corrected chi connectivity index (χ3v) is 3.92. The SMILES string of the molecule is C=Cn1cc(CNCC2(CO)CCCCC2)cn1. The van der Waals surface area contributed by atoms with Crippen LogP contribution >= 0.6 is 0 Å². The second-order valence-corrected chi connectivity index (χ2v) is 5.33. The van der Waals surface area contributed by atoms with Gasteiger partial charge in [0.05, 0.1) is 6.20 Å². The molecule has 1 saturated carbocycles. The molecular weight excluding hydrogens is 226 g/mol. The van der Waals surface area contributed by atoms with Crippen LogP contribution in [0.1, 0.15) is 37.7 Å². The summed E-state index contributed by atoms with van der Waals surface area (Å²) in [5.41, 5.74) is 1.26. The number of aliphatic hydroxyl groups is 1. The molecule has 0 aliphatic heterocycles. The lowest BCUT2D eigenvalue weighted by molar-refractivity contribution is 0.0810. The van der Waals surface area contributed by atoms with E-state index in [2.05, 4.69) is 17.0 Å². The number of nitrogens with zero attached hydrogens (tertiary/aromatic N) is 2. The van der Waals surface area contributed by atoms with Crippen LogP contribution in [0.5, 0.6) is 0 Å². The summed E-state index contributed by atoms with van der Waals surface area (Å²) in [6.45, 7) is 5.66. The Morgan fingerprint density at radius 2 is 2.22 bits per heavy atom. The molecule has 0 spiro atoms. The second kappa shape index (κ2) is 6.16. The smallest absolute Gasteiger partial charge is 0.0538 e. The third kappa shape index (κ3) is 3.21. The van der Waals surface area contributed by atoms with E-state index in [0.29, 0.717) is 6.61 Å². The Hall–Kier alpha value is -1.13. The largest absolute Gasteiger partial charge is 0.396 e. The molecule has 1 aromatic heterocycles. The minimum atomic E-state index is 0.104. The fraction of sp³-hybridized carbons (Fsp3) is 0.643. The molecule has 2 N–H and O–H groups in total. The summed E-state index contributed by atoms with van der Waals surface area (Å²) in [6.07, 6.45) is 11.6. The maximum Gasteiger partial charge on any atom is 0.0538 e. The Kier molecular flexibility index (Phi) is 4.55. The zero-order valence-electron chi connectivity index (χ0n) is 10.9. The van der Waals surface area contributed by atoms with Crippen molar-refractivity contribution in [2.75, 3.05) is 13.2 Å². The number of hydrogen-bond donors (Lipinski definition) is 2. The van der Waals surface area contributed by atoms with Gasteiger partial charge in [-0.1, -0.05) is 25.8 Å². The Labute approximate surface area is 109 Å². The molecule has 0 atom stereocenters. The monoisotopic (exact) mass is 249 g/mol. The van der Waals surface area contributed by atoms with Crippen molar-refractivity contribution in [3.63, 3.8) is 0 Å². The Balaban J connectivity index is 1.81. The van der Waals surface area contributed by atoms with Crippen LogP contribution in [-0.4, -0.2) is 28.0 Å². The maximum absolute atomic E-state index is 9.61. The highest BCUT2D eigenvalue weighted by Gasteiger charge is 2.30. The first-order chi connectivity index (χ1) is 8.78. The van der Waals surface area contributed by atoms with E-state index in [1.165, 1.54) is 19.3 Å². The lowest BCUT2D eigenvalue weighted by Crippen LogP contribution is -2.38. The number of rotatable bonds is 6. The van der Waals surface area contributed by atoms with Gasteiger partial charge in [0.2, 0.25) is 0 Å². The Bertz CT molecular complexity index is 380. The first kappa shape index (κ1) is 13.3. The van der Waals surface area contributed by atoms with Crippen molar-refractivity contribution in [3.05, 3.63) is 24.5 Å². The van der Waals surface area contributed by atoms with Crippen molar-refractivity contribution in [3.8, 4) is 0 Å². The van der Waals surface area contributed by atoms with E-state index < -0.39 is 0 Å². The van der Waals surface area contributed by atoms with Gasteiger partial charge in [0.25, 0.3) is 0 Å². The predicted molar refractivity (Wildman–Crippen MR) is 72.9 cm³/mol. The van der Waals surface area contributed by atoms with E-state index in [1.807, 2.05) is 12.4 Å². The van der Waals surface area contributed by atoms with Gasteiger partial charge in [0, 0.05) is 43.1 Å². The highest BCUT2D eigenvalue weighted by molar-refractivity contribution is 5.17. The molecule has 0 aromatic carbocycles. The highest BCUT2D eigenvalue weighted by atomic mass is 16.3. The van der Waals surface area contributed by atoms with E-state index in [9.17, 15) is 5.11 Å². The number of nitrogens with one attached hydrogen (secondary N) is 1. The number of aromatic nitrogens is 2. The molecule has 0 radical (unpaired) electrons. The van der Waals surface area contributed by atoms with E-state index in [1.54, 1.807) is 10.9 Å². The fourth-order valence-corrected chi connectivity index (χ4v) is 2.73.